The highest BCUT2D eigenvalue weighted by Crippen LogP contribution is 2.46. The summed E-state index contributed by atoms with van der Waals surface area (Å²) in [5.41, 5.74) is 10.0. The minimum Gasteiger partial charge on any atom is -0.327 e. The number of nitrogens with zero attached hydrogens (tertiary/aromatic N) is 1. The number of hydrogen-bond donors (Lipinski definition) is 1. The molecule has 2 aromatic rings. The van der Waals surface area contributed by atoms with Crippen LogP contribution in [-0.2, 0) is 11.8 Å². The number of rotatable bonds is 4. The van der Waals surface area contributed by atoms with E-state index in [1.807, 2.05) is 11.7 Å². The van der Waals surface area contributed by atoms with Crippen LogP contribution in [0.4, 0.5) is 0 Å². The third-order valence-electron chi connectivity index (χ3n) is 4.21. The van der Waals surface area contributed by atoms with Gasteiger partial charge in [-0.2, -0.15) is 0 Å². The summed E-state index contributed by atoms with van der Waals surface area (Å²) in [6, 6.07) is 11.0. The fourth-order valence-electron chi connectivity index (χ4n) is 2.96. The summed E-state index contributed by atoms with van der Waals surface area (Å²) in [5.74, 6) is 0. The second kappa shape index (κ2) is 4.82. The SMILES string of the molecule is NC(Cc1cncs1)C1(c2ccccc2)CCC1. The van der Waals surface area contributed by atoms with Gasteiger partial charge < -0.3 is 5.73 Å². The molecule has 18 heavy (non-hydrogen) atoms. The van der Waals surface area contributed by atoms with Gasteiger partial charge in [0.15, 0.2) is 0 Å². The van der Waals surface area contributed by atoms with Crippen LogP contribution in [0.25, 0.3) is 0 Å². The van der Waals surface area contributed by atoms with Crippen molar-refractivity contribution in [2.75, 3.05) is 0 Å². The fraction of sp³-hybridized carbons (Fsp3) is 0.400. The molecule has 1 aromatic heterocycles. The summed E-state index contributed by atoms with van der Waals surface area (Å²) in [6.07, 6.45) is 6.63. The van der Waals surface area contributed by atoms with Gasteiger partial charge in [0.2, 0.25) is 0 Å². The lowest BCUT2D eigenvalue weighted by Crippen LogP contribution is -2.51. The topological polar surface area (TPSA) is 38.9 Å². The van der Waals surface area contributed by atoms with Gasteiger partial charge in [0.25, 0.3) is 0 Å². The molecule has 3 heteroatoms. The zero-order valence-corrected chi connectivity index (χ0v) is 11.2. The molecule has 0 spiro atoms. The summed E-state index contributed by atoms with van der Waals surface area (Å²) in [7, 11) is 0. The quantitative estimate of drug-likeness (QED) is 0.915. The third kappa shape index (κ3) is 1.98. The first-order valence-corrected chi connectivity index (χ1v) is 7.38. The van der Waals surface area contributed by atoms with Gasteiger partial charge in [-0.05, 0) is 24.8 Å². The molecule has 0 aliphatic heterocycles. The van der Waals surface area contributed by atoms with Gasteiger partial charge in [-0.3, -0.25) is 4.98 Å². The second-order valence-electron chi connectivity index (χ2n) is 5.15. The van der Waals surface area contributed by atoms with Crippen LogP contribution in [-0.4, -0.2) is 11.0 Å². The van der Waals surface area contributed by atoms with Crippen LogP contribution >= 0.6 is 11.3 Å². The second-order valence-corrected chi connectivity index (χ2v) is 6.12. The highest BCUT2D eigenvalue weighted by atomic mass is 32.1. The maximum Gasteiger partial charge on any atom is 0.0794 e. The number of aromatic nitrogens is 1. The number of nitrogens with two attached hydrogens (primary N) is 1. The van der Waals surface area contributed by atoms with Gasteiger partial charge >= 0.3 is 0 Å². The first kappa shape index (κ1) is 11.9. The molecule has 2 N–H and O–H groups in total. The summed E-state index contributed by atoms with van der Waals surface area (Å²) in [4.78, 5) is 5.43. The molecule has 3 rings (SSSR count). The Morgan fingerprint density at radius 2 is 2.06 bits per heavy atom. The molecule has 0 radical (unpaired) electrons. The normalized spacial score (nSPS) is 19.2. The van der Waals surface area contributed by atoms with Crippen molar-refractivity contribution in [3.63, 3.8) is 0 Å². The fourth-order valence-corrected chi connectivity index (χ4v) is 3.61. The molecule has 1 saturated carbocycles. The van der Waals surface area contributed by atoms with Crippen LogP contribution in [0.3, 0.4) is 0 Å². The van der Waals surface area contributed by atoms with Crippen molar-refractivity contribution >= 4 is 11.3 Å². The van der Waals surface area contributed by atoms with Gasteiger partial charge in [-0.1, -0.05) is 36.8 Å². The van der Waals surface area contributed by atoms with Crippen LogP contribution in [0.5, 0.6) is 0 Å². The molecule has 1 aliphatic carbocycles. The summed E-state index contributed by atoms with van der Waals surface area (Å²) >= 11 is 1.71. The average Bonchev–Trinajstić information content (AvgIpc) is 2.82. The molecule has 0 amide bonds. The maximum absolute atomic E-state index is 6.52. The van der Waals surface area contributed by atoms with Crippen molar-refractivity contribution in [2.45, 2.75) is 37.1 Å². The van der Waals surface area contributed by atoms with E-state index < -0.39 is 0 Å². The van der Waals surface area contributed by atoms with Crippen LogP contribution < -0.4 is 5.73 Å². The third-order valence-corrected chi connectivity index (χ3v) is 5.01. The molecule has 1 aromatic carbocycles. The zero-order chi connectivity index (χ0) is 12.4. The molecule has 1 aliphatic rings. The predicted molar refractivity (Wildman–Crippen MR) is 75.8 cm³/mol. The van der Waals surface area contributed by atoms with E-state index in [0.29, 0.717) is 0 Å². The Bertz CT molecular complexity index is 488. The Labute approximate surface area is 112 Å². The van der Waals surface area contributed by atoms with Crippen molar-refractivity contribution < 1.29 is 0 Å². The summed E-state index contributed by atoms with van der Waals surface area (Å²) in [6.45, 7) is 0. The lowest BCUT2D eigenvalue weighted by molar-refractivity contribution is 0.195. The van der Waals surface area contributed by atoms with E-state index in [0.717, 1.165) is 6.42 Å². The van der Waals surface area contributed by atoms with Gasteiger partial charge in [0, 0.05) is 22.5 Å². The number of benzene rings is 1. The van der Waals surface area contributed by atoms with Gasteiger partial charge in [0.1, 0.15) is 0 Å². The molecular formula is C15H18N2S. The van der Waals surface area contributed by atoms with Crippen LogP contribution in [0.2, 0.25) is 0 Å². The highest BCUT2D eigenvalue weighted by molar-refractivity contribution is 7.09. The summed E-state index contributed by atoms with van der Waals surface area (Å²) < 4.78 is 0. The van der Waals surface area contributed by atoms with E-state index in [1.165, 1.54) is 29.7 Å². The van der Waals surface area contributed by atoms with Gasteiger partial charge in [0.05, 0.1) is 5.51 Å². The van der Waals surface area contributed by atoms with Crippen molar-refractivity contribution in [3.8, 4) is 0 Å². The molecule has 1 unspecified atom stereocenters. The molecule has 0 bridgehead atoms. The van der Waals surface area contributed by atoms with Crippen LogP contribution in [0.15, 0.2) is 42.0 Å². The van der Waals surface area contributed by atoms with E-state index in [4.69, 9.17) is 5.73 Å². The summed E-state index contributed by atoms with van der Waals surface area (Å²) in [5, 5.41) is 0. The van der Waals surface area contributed by atoms with Crippen molar-refractivity contribution in [1.29, 1.82) is 0 Å². The van der Waals surface area contributed by atoms with Gasteiger partial charge in [-0.15, -0.1) is 11.3 Å². The average molecular weight is 258 g/mol. The molecule has 94 valence electrons. The number of hydrogen-bond acceptors (Lipinski definition) is 3. The smallest absolute Gasteiger partial charge is 0.0794 e. The van der Waals surface area contributed by atoms with E-state index >= 15 is 0 Å². The van der Waals surface area contributed by atoms with Gasteiger partial charge in [-0.25, -0.2) is 0 Å². The largest absolute Gasteiger partial charge is 0.327 e. The Kier molecular flexibility index (Phi) is 3.18. The van der Waals surface area contributed by atoms with Crippen LogP contribution in [0, 0.1) is 0 Å². The predicted octanol–water partition coefficient (Wildman–Crippen LogP) is 3.13. The molecule has 2 nitrogen and oxygen atoms in total. The minimum atomic E-state index is 0.200. The van der Waals surface area contributed by atoms with E-state index in [2.05, 4.69) is 35.3 Å². The standard InChI is InChI=1S/C15H18N2S/c16-14(9-13-10-17-11-18-13)15(7-4-8-15)12-5-2-1-3-6-12/h1-3,5-6,10-11,14H,4,7-9,16H2. The zero-order valence-electron chi connectivity index (χ0n) is 10.4. The minimum absolute atomic E-state index is 0.200. The first-order chi connectivity index (χ1) is 8.81. The molecule has 1 heterocycles. The van der Waals surface area contributed by atoms with E-state index in [-0.39, 0.29) is 11.5 Å². The number of thiazole rings is 1. The molecule has 0 saturated heterocycles. The highest BCUT2D eigenvalue weighted by Gasteiger charge is 2.43. The Morgan fingerprint density at radius 1 is 1.28 bits per heavy atom. The van der Waals surface area contributed by atoms with Crippen molar-refractivity contribution in [3.05, 3.63) is 52.5 Å². The maximum atomic E-state index is 6.52. The molecule has 1 fully saturated rings. The first-order valence-electron chi connectivity index (χ1n) is 6.50. The van der Waals surface area contributed by atoms with E-state index in [1.54, 1.807) is 11.3 Å². The van der Waals surface area contributed by atoms with E-state index in [9.17, 15) is 0 Å². The monoisotopic (exact) mass is 258 g/mol. The Hall–Kier alpha value is -1.19. The van der Waals surface area contributed by atoms with Crippen LogP contribution in [0.1, 0.15) is 29.7 Å². The lowest BCUT2D eigenvalue weighted by atomic mass is 9.59. The van der Waals surface area contributed by atoms with Crippen molar-refractivity contribution in [2.24, 2.45) is 5.73 Å². The molecule has 1 atom stereocenters. The van der Waals surface area contributed by atoms with Crippen molar-refractivity contribution in [1.82, 2.24) is 4.98 Å². The Balaban J connectivity index is 1.83. The Morgan fingerprint density at radius 3 is 2.61 bits per heavy atom. The molecular weight excluding hydrogens is 240 g/mol. The lowest BCUT2D eigenvalue weighted by Gasteiger charge is -2.47.